The molecule has 1 heterocycles. The molecular formula is C28H29F3N6O3S. The summed E-state index contributed by atoms with van der Waals surface area (Å²) < 4.78 is 38.8. The number of carbonyl (C=O) groups excluding carboxylic acids is 2. The highest BCUT2D eigenvalue weighted by Crippen LogP contribution is 2.20. The molecule has 0 spiro atoms. The van der Waals surface area contributed by atoms with Crippen molar-refractivity contribution in [2.24, 2.45) is 0 Å². The molecule has 0 unspecified atom stereocenters. The van der Waals surface area contributed by atoms with E-state index in [1.54, 1.807) is 49.6 Å². The van der Waals surface area contributed by atoms with Gasteiger partial charge < -0.3 is 20.4 Å². The van der Waals surface area contributed by atoms with Crippen LogP contribution >= 0.6 is 11.3 Å². The van der Waals surface area contributed by atoms with Gasteiger partial charge in [-0.1, -0.05) is 18.2 Å². The molecule has 3 rings (SSSR count). The molecule has 0 atom stereocenters. The summed E-state index contributed by atoms with van der Waals surface area (Å²) in [5.74, 6) is -1.37. The molecule has 1 aromatic heterocycles. The normalized spacial score (nSPS) is 12.4. The summed E-state index contributed by atoms with van der Waals surface area (Å²) in [6.07, 6.45) is -3.26. The van der Waals surface area contributed by atoms with Gasteiger partial charge in [-0.3, -0.25) is 19.0 Å². The van der Waals surface area contributed by atoms with E-state index in [-0.39, 0.29) is 28.2 Å². The second-order valence-electron chi connectivity index (χ2n) is 9.09. The van der Waals surface area contributed by atoms with Gasteiger partial charge in [0, 0.05) is 43.9 Å². The lowest BCUT2D eigenvalue weighted by molar-refractivity contribution is -0.135. The summed E-state index contributed by atoms with van der Waals surface area (Å²) >= 11 is 0.806. The van der Waals surface area contributed by atoms with E-state index in [9.17, 15) is 32.8 Å². The van der Waals surface area contributed by atoms with Crippen LogP contribution in [0, 0.1) is 18.3 Å². The Balaban J connectivity index is 1.84. The summed E-state index contributed by atoms with van der Waals surface area (Å²) in [5.41, 5.74) is 2.05. The van der Waals surface area contributed by atoms with Crippen LogP contribution in [0.25, 0.3) is 11.8 Å². The molecule has 0 radical (unpaired) electrons. The third-order valence-corrected chi connectivity index (χ3v) is 7.15. The summed E-state index contributed by atoms with van der Waals surface area (Å²) in [4.78, 5) is 41.5. The number of carbonyl (C=O) groups is 2. The maximum atomic E-state index is 13.0. The van der Waals surface area contributed by atoms with Gasteiger partial charge in [-0.2, -0.15) is 18.4 Å². The van der Waals surface area contributed by atoms with E-state index in [2.05, 4.69) is 5.32 Å². The van der Waals surface area contributed by atoms with Crippen LogP contribution in [0.3, 0.4) is 0 Å². The summed E-state index contributed by atoms with van der Waals surface area (Å²) in [6.45, 7) is 2.23. The van der Waals surface area contributed by atoms with Gasteiger partial charge in [0.25, 0.3) is 11.5 Å². The lowest BCUT2D eigenvalue weighted by Gasteiger charge is -2.24. The number of benzene rings is 2. The number of aromatic nitrogens is 1. The number of rotatable bonds is 9. The molecule has 2 amide bonds. The van der Waals surface area contributed by atoms with E-state index in [1.807, 2.05) is 43.1 Å². The van der Waals surface area contributed by atoms with Crippen LogP contribution < -0.4 is 35.2 Å². The standard InChI is InChI=1S/C28H29F3N6O3S/c1-5-37-26(40)23(41-27(37)22(14-32)25(39)34-17-28(29,30)31)15-33-19-9-7-11-21(13-19)36(4)24(38)16-35(3)20-10-6-8-18(2)12-20/h6-13,15,33H,5,16-17H2,1-4H3,(H,34,39)/b23-15+,27-22-. The first-order valence-corrected chi connectivity index (χ1v) is 13.3. The molecule has 9 nitrogen and oxygen atoms in total. The lowest BCUT2D eigenvalue weighted by Crippen LogP contribution is -2.37. The van der Waals surface area contributed by atoms with Crippen LogP contribution in [-0.2, 0) is 16.1 Å². The number of alkyl halides is 3. The van der Waals surface area contributed by atoms with Crippen molar-refractivity contribution in [3.05, 3.63) is 73.6 Å². The van der Waals surface area contributed by atoms with E-state index in [0.29, 0.717) is 11.4 Å². The van der Waals surface area contributed by atoms with Gasteiger partial charge in [0.05, 0.1) is 6.54 Å². The van der Waals surface area contributed by atoms with Crippen molar-refractivity contribution in [2.45, 2.75) is 26.6 Å². The Bertz CT molecular complexity index is 1660. The van der Waals surface area contributed by atoms with Gasteiger partial charge >= 0.3 is 6.18 Å². The predicted octanol–water partition coefficient (Wildman–Crippen LogP) is 2.54. The highest BCUT2D eigenvalue weighted by molar-refractivity contribution is 7.07. The van der Waals surface area contributed by atoms with E-state index >= 15 is 0 Å². The molecule has 216 valence electrons. The number of nitrogens with zero attached hydrogens (tertiary/aromatic N) is 4. The molecule has 0 saturated carbocycles. The molecular weight excluding hydrogens is 557 g/mol. The number of amides is 2. The van der Waals surface area contributed by atoms with E-state index in [1.165, 1.54) is 11.1 Å². The first kappa shape index (κ1) is 31.0. The number of nitrogens with one attached hydrogen (secondary N) is 2. The maximum absolute atomic E-state index is 13.0. The number of hydrogen-bond acceptors (Lipinski definition) is 7. The number of likely N-dealkylation sites (N-methyl/N-ethyl adjacent to an activating group) is 2. The Morgan fingerprint density at radius 3 is 2.44 bits per heavy atom. The third kappa shape index (κ3) is 7.98. The van der Waals surface area contributed by atoms with Gasteiger partial charge in [0.1, 0.15) is 21.8 Å². The number of aryl methyl sites for hydroxylation is 1. The number of thiazole rings is 1. The molecule has 41 heavy (non-hydrogen) atoms. The monoisotopic (exact) mass is 586 g/mol. The molecule has 0 bridgehead atoms. The summed E-state index contributed by atoms with van der Waals surface area (Å²) in [5, 5.41) is 14.1. The van der Waals surface area contributed by atoms with Crippen LogP contribution in [0.1, 0.15) is 12.5 Å². The van der Waals surface area contributed by atoms with Crippen molar-refractivity contribution in [1.29, 1.82) is 5.26 Å². The Kier molecular flexibility index (Phi) is 9.96. The van der Waals surface area contributed by atoms with Crippen molar-refractivity contribution in [1.82, 2.24) is 9.88 Å². The molecule has 3 aromatic rings. The second-order valence-corrected chi connectivity index (χ2v) is 10.1. The first-order valence-electron chi connectivity index (χ1n) is 12.4. The fourth-order valence-corrected chi connectivity index (χ4v) is 4.91. The Morgan fingerprint density at radius 1 is 1.12 bits per heavy atom. The van der Waals surface area contributed by atoms with Gasteiger partial charge in [-0.05, 0) is 49.7 Å². The van der Waals surface area contributed by atoms with E-state index in [0.717, 1.165) is 27.2 Å². The van der Waals surface area contributed by atoms with Gasteiger partial charge in [0.2, 0.25) is 5.91 Å². The molecule has 2 aromatic carbocycles. The minimum Gasteiger partial charge on any atom is -0.365 e. The fourth-order valence-electron chi connectivity index (χ4n) is 3.82. The van der Waals surface area contributed by atoms with E-state index in [4.69, 9.17) is 0 Å². The van der Waals surface area contributed by atoms with Crippen molar-refractivity contribution in [2.75, 3.05) is 42.3 Å². The summed E-state index contributed by atoms with van der Waals surface area (Å²) in [7, 11) is 3.49. The molecule has 0 saturated heterocycles. The van der Waals surface area contributed by atoms with Crippen LogP contribution in [0.4, 0.5) is 30.2 Å². The van der Waals surface area contributed by atoms with Gasteiger partial charge in [-0.15, -0.1) is 11.3 Å². The number of halogens is 3. The molecule has 0 aliphatic heterocycles. The van der Waals surface area contributed by atoms with Crippen molar-refractivity contribution in [3.63, 3.8) is 0 Å². The lowest BCUT2D eigenvalue weighted by atomic mass is 10.2. The number of anilines is 3. The zero-order valence-electron chi connectivity index (χ0n) is 22.9. The average molecular weight is 587 g/mol. The predicted molar refractivity (Wildman–Crippen MR) is 154 cm³/mol. The minimum absolute atomic E-state index is 0.0514. The average Bonchev–Trinajstić information content (AvgIpc) is 3.24. The SMILES string of the molecule is CCn1c(=O)/c(=C\Nc2cccc(N(C)C(=O)CN(C)c3cccc(C)c3)c2)s/c1=C(/C#N)C(=O)NCC(F)(F)F. The first-order chi connectivity index (χ1) is 19.3. The third-order valence-electron chi connectivity index (χ3n) is 6.02. The van der Waals surface area contributed by atoms with Crippen LogP contribution in [0.15, 0.2) is 53.3 Å². The Labute approximate surface area is 238 Å². The van der Waals surface area contributed by atoms with Crippen molar-refractivity contribution >= 4 is 52.0 Å². The number of nitriles is 1. The van der Waals surface area contributed by atoms with Crippen LogP contribution in [-0.4, -0.2) is 49.7 Å². The maximum Gasteiger partial charge on any atom is 0.405 e. The Morgan fingerprint density at radius 2 is 1.80 bits per heavy atom. The van der Waals surface area contributed by atoms with E-state index < -0.39 is 29.8 Å². The summed E-state index contributed by atoms with van der Waals surface area (Å²) in [6, 6.07) is 16.4. The minimum atomic E-state index is -4.65. The highest BCUT2D eigenvalue weighted by Gasteiger charge is 2.29. The molecule has 2 N–H and O–H groups in total. The van der Waals surface area contributed by atoms with Crippen molar-refractivity contribution < 1.29 is 22.8 Å². The zero-order chi connectivity index (χ0) is 30.3. The van der Waals surface area contributed by atoms with Crippen LogP contribution in [0.5, 0.6) is 0 Å². The van der Waals surface area contributed by atoms with Gasteiger partial charge in [0.15, 0.2) is 5.57 Å². The van der Waals surface area contributed by atoms with Gasteiger partial charge in [-0.25, -0.2) is 0 Å². The topological polar surface area (TPSA) is 110 Å². The second kappa shape index (κ2) is 13.2. The quantitative estimate of drug-likeness (QED) is 0.399. The van der Waals surface area contributed by atoms with Crippen LogP contribution in [0.2, 0.25) is 0 Å². The Hall–Kier alpha value is -4.57. The highest BCUT2D eigenvalue weighted by atomic mass is 32.1. The fraction of sp³-hybridized carbons (Fsp3) is 0.286. The molecule has 0 fully saturated rings. The van der Waals surface area contributed by atoms with Crippen molar-refractivity contribution in [3.8, 4) is 6.07 Å². The molecule has 0 aliphatic carbocycles. The molecule has 0 aliphatic rings. The zero-order valence-corrected chi connectivity index (χ0v) is 23.7. The molecule has 13 heteroatoms. The smallest absolute Gasteiger partial charge is 0.365 e. The number of hydrogen-bond donors (Lipinski definition) is 2. The largest absolute Gasteiger partial charge is 0.405 e.